The highest BCUT2D eigenvalue weighted by Crippen LogP contribution is 2.38. The van der Waals surface area contributed by atoms with Crippen molar-refractivity contribution in [2.45, 2.75) is 23.8 Å². The van der Waals surface area contributed by atoms with Crippen molar-refractivity contribution in [3.05, 3.63) is 74.9 Å². The molecule has 0 bridgehead atoms. The average Bonchev–Trinajstić information content (AvgIpc) is 3.37. The number of H-pyrrole nitrogens is 1. The number of thiophene rings is 1. The van der Waals surface area contributed by atoms with E-state index in [2.05, 4.69) is 14.9 Å². The number of methoxy groups -OCH3 is 1. The van der Waals surface area contributed by atoms with Crippen LogP contribution in [0.5, 0.6) is 5.75 Å². The lowest BCUT2D eigenvalue weighted by atomic mass is 9.93. The zero-order chi connectivity index (χ0) is 22.2. The minimum atomic E-state index is -4.09. The van der Waals surface area contributed by atoms with Crippen molar-refractivity contribution in [2.24, 2.45) is 0 Å². The van der Waals surface area contributed by atoms with Crippen LogP contribution in [-0.2, 0) is 10.0 Å². The van der Waals surface area contributed by atoms with Crippen LogP contribution in [0.4, 0.5) is 0 Å². The summed E-state index contributed by atoms with van der Waals surface area (Å²) in [6.45, 7) is 1.84. The molecule has 0 aliphatic rings. The molecule has 0 spiro atoms. The first-order valence-electron chi connectivity index (χ1n) is 9.17. The van der Waals surface area contributed by atoms with Gasteiger partial charge in [-0.2, -0.15) is 4.72 Å². The normalized spacial score (nSPS) is 13.9. The van der Waals surface area contributed by atoms with Gasteiger partial charge >= 0.3 is 5.76 Å². The van der Waals surface area contributed by atoms with Crippen LogP contribution in [0.1, 0.15) is 30.3 Å². The van der Waals surface area contributed by atoms with Crippen LogP contribution in [0.15, 0.2) is 62.0 Å². The fourth-order valence-electron chi connectivity index (χ4n) is 3.37. The minimum Gasteiger partial charge on any atom is -0.495 e. The van der Waals surface area contributed by atoms with E-state index in [4.69, 9.17) is 20.8 Å². The number of hydrogen-bond donors (Lipinski definition) is 2. The predicted molar refractivity (Wildman–Crippen MR) is 118 cm³/mol. The van der Waals surface area contributed by atoms with Crippen molar-refractivity contribution in [3.63, 3.8) is 0 Å². The van der Waals surface area contributed by atoms with E-state index < -0.39 is 27.7 Å². The van der Waals surface area contributed by atoms with Crippen LogP contribution in [-0.4, -0.2) is 25.7 Å². The second-order valence-corrected chi connectivity index (χ2v) is 9.85. The van der Waals surface area contributed by atoms with Gasteiger partial charge in [-0.05, 0) is 34.5 Å². The molecule has 2 aromatic carbocycles. The van der Waals surface area contributed by atoms with Crippen LogP contribution < -0.4 is 15.2 Å². The molecule has 2 N–H and O–H groups in total. The summed E-state index contributed by atoms with van der Waals surface area (Å²) in [7, 11) is -2.74. The van der Waals surface area contributed by atoms with Crippen molar-refractivity contribution in [1.82, 2.24) is 14.9 Å². The van der Waals surface area contributed by atoms with Crippen LogP contribution in [0, 0.1) is 0 Å². The predicted octanol–water partition coefficient (Wildman–Crippen LogP) is 4.06. The summed E-state index contributed by atoms with van der Waals surface area (Å²) in [6.07, 6.45) is 0. The second-order valence-electron chi connectivity index (χ2n) is 6.82. The quantitative estimate of drug-likeness (QED) is 0.413. The Morgan fingerprint density at radius 2 is 2.03 bits per heavy atom. The number of sulfonamides is 1. The maximum Gasteiger partial charge on any atom is 0.434 e. The lowest BCUT2D eigenvalue weighted by Gasteiger charge is -2.22. The Labute approximate surface area is 186 Å². The SMILES string of the molecule is COc1cc(Cl)ccc1S(=O)(=O)N[C@H](c1n[nH]c(=O)o1)[C@H](C)c1csc2ccccc12. The molecule has 0 aliphatic carbocycles. The topological polar surface area (TPSA) is 114 Å². The smallest absolute Gasteiger partial charge is 0.434 e. The standard InChI is InChI=1S/C20H18ClN3O5S2/c1-11(14-10-30-16-6-4-3-5-13(14)16)18(19-22-23-20(25)29-19)24-31(26,27)17-8-7-12(21)9-15(17)28-2/h3-11,18,24H,1-2H3,(H,23,25)/t11-,18+/m1/s1. The van der Waals surface area contributed by atoms with Crippen molar-refractivity contribution in [2.75, 3.05) is 7.11 Å². The molecule has 2 aromatic heterocycles. The van der Waals surface area contributed by atoms with E-state index in [0.717, 1.165) is 15.6 Å². The molecule has 4 rings (SSSR count). The Balaban J connectivity index is 1.78. The molecule has 8 nitrogen and oxygen atoms in total. The van der Waals surface area contributed by atoms with E-state index in [9.17, 15) is 13.2 Å². The van der Waals surface area contributed by atoms with Crippen LogP contribution >= 0.6 is 22.9 Å². The van der Waals surface area contributed by atoms with Crippen LogP contribution in [0.2, 0.25) is 5.02 Å². The number of aromatic amines is 1. The Kier molecular flexibility index (Phi) is 5.89. The molecule has 0 fully saturated rings. The van der Waals surface area contributed by atoms with Gasteiger partial charge in [0, 0.05) is 21.7 Å². The number of benzene rings is 2. The molecule has 31 heavy (non-hydrogen) atoms. The largest absolute Gasteiger partial charge is 0.495 e. The number of aromatic nitrogens is 2. The van der Waals surface area contributed by atoms with Crippen molar-refractivity contribution < 1.29 is 17.6 Å². The van der Waals surface area contributed by atoms with Gasteiger partial charge in [0.25, 0.3) is 0 Å². The number of nitrogens with zero attached hydrogens (tertiary/aromatic N) is 1. The maximum absolute atomic E-state index is 13.3. The average molecular weight is 480 g/mol. The van der Waals surface area contributed by atoms with Gasteiger partial charge in [-0.3, -0.25) is 0 Å². The third kappa shape index (κ3) is 4.24. The second kappa shape index (κ2) is 8.46. The van der Waals surface area contributed by atoms with E-state index in [1.807, 2.05) is 36.6 Å². The number of ether oxygens (including phenoxy) is 1. The molecule has 2 atom stereocenters. The molecule has 0 radical (unpaired) electrons. The summed E-state index contributed by atoms with van der Waals surface area (Å²) in [6, 6.07) is 11.1. The lowest BCUT2D eigenvalue weighted by Crippen LogP contribution is -2.32. The highest BCUT2D eigenvalue weighted by atomic mass is 35.5. The molecule has 4 aromatic rings. The zero-order valence-electron chi connectivity index (χ0n) is 16.5. The molecule has 2 heterocycles. The number of rotatable bonds is 7. The summed E-state index contributed by atoms with van der Waals surface area (Å²) in [4.78, 5) is 11.5. The summed E-state index contributed by atoms with van der Waals surface area (Å²) in [5.41, 5.74) is 0.905. The first-order valence-corrected chi connectivity index (χ1v) is 11.9. The monoisotopic (exact) mass is 479 g/mol. The summed E-state index contributed by atoms with van der Waals surface area (Å²) < 4.78 is 40.5. The van der Waals surface area contributed by atoms with Crippen molar-refractivity contribution >= 4 is 43.0 Å². The minimum absolute atomic E-state index is 0.0655. The fraction of sp³-hybridized carbons (Fsp3) is 0.200. The van der Waals surface area contributed by atoms with Gasteiger partial charge in [0.15, 0.2) is 0 Å². The summed E-state index contributed by atoms with van der Waals surface area (Å²) >= 11 is 7.52. The van der Waals surface area contributed by atoms with Crippen LogP contribution in [0.25, 0.3) is 10.1 Å². The van der Waals surface area contributed by atoms with E-state index in [1.54, 1.807) is 11.3 Å². The molecule has 0 aliphatic heterocycles. The molecule has 162 valence electrons. The Morgan fingerprint density at radius 1 is 1.26 bits per heavy atom. The molecule has 11 heteroatoms. The van der Waals surface area contributed by atoms with Gasteiger partial charge in [0.1, 0.15) is 16.7 Å². The van der Waals surface area contributed by atoms with E-state index in [-0.39, 0.29) is 16.5 Å². The maximum atomic E-state index is 13.3. The van der Waals surface area contributed by atoms with Gasteiger partial charge in [-0.15, -0.1) is 16.4 Å². The number of hydrogen-bond acceptors (Lipinski definition) is 7. The third-order valence-electron chi connectivity index (χ3n) is 4.92. The first kappa shape index (κ1) is 21.6. The van der Waals surface area contributed by atoms with E-state index >= 15 is 0 Å². The number of fused-ring (bicyclic) bond motifs is 1. The van der Waals surface area contributed by atoms with E-state index in [0.29, 0.717) is 5.02 Å². The molecular formula is C20H18ClN3O5S2. The molecule has 0 amide bonds. The fourth-order valence-corrected chi connectivity index (χ4v) is 6.01. The third-order valence-corrected chi connectivity index (χ3v) is 7.62. The zero-order valence-corrected chi connectivity index (χ0v) is 18.8. The first-order chi connectivity index (χ1) is 14.8. The van der Waals surface area contributed by atoms with Gasteiger partial charge in [0.2, 0.25) is 15.9 Å². The Hall–Kier alpha value is -2.66. The number of halogens is 1. The Morgan fingerprint density at radius 3 is 2.74 bits per heavy atom. The molecular weight excluding hydrogens is 462 g/mol. The lowest BCUT2D eigenvalue weighted by molar-refractivity contribution is 0.380. The summed E-state index contributed by atoms with van der Waals surface area (Å²) in [5, 5.41) is 9.37. The summed E-state index contributed by atoms with van der Waals surface area (Å²) in [5.74, 6) is -1.15. The van der Waals surface area contributed by atoms with Crippen LogP contribution in [0.3, 0.4) is 0 Å². The molecule has 0 unspecified atom stereocenters. The molecule has 0 saturated heterocycles. The van der Waals surface area contributed by atoms with Gasteiger partial charge in [-0.1, -0.05) is 36.7 Å². The highest BCUT2D eigenvalue weighted by Gasteiger charge is 2.33. The van der Waals surface area contributed by atoms with Crippen molar-refractivity contribution in [3.8, 4) is 5.75 Å². The van der Waals surface area contributed by atoms with Crippen molar-refractivity contribution in [1.29, 1.82) is 0 Å². The van der Waals surface area contributed by atoms with Gasteiger partial charge in [0.05, 0.1) is 7.11 Å². The van der Waals surface area contributed by atoms with Gasteiger partial charge < -0.3 is 9.15 Å². The highest BCUT2D eigenvalue weighted by molar-refractivity contribution is 7.89. The van der Waals surface area contributed by atoms with Gasteiger partial charge in [-0.25, -0.2) is 18.3 Å². The molecule has 0 saturated carbocycles. The number of nitrogens with one attached hydrogen (secondary N) is 2. The Bertz CT molecular complexity index is 1390. The van der Waals surface area contributed by atoms with E-state index in [1.165, 1.54) is 25.3 Å².